The molecule has 2 heterocycles. The molecule has 0 bridgehead atoms. The zero-order valence-electron chi connectivity index (χ0n) is 14.9. The summed E-state index contributed by atoms with van der Waals surface area (Å²) in [5.41, 5.74) is 3.89. The highest BCUT2D eigenvalue weighted by Crippen LogP contribution is 2.25. The third-order valence-electron chi connectivity index (χ3n) is 4.24. The van der Waals surface area contributed by atoms with Gasteiger partial charge in [-0.05, 0) is 55.8 Å². The Hall–Kier alpha value is -3.25. The van der Waals surface area contributed by atoms with Gasteiger partial charge in [-0.1, -0.05) is 23.8 Å². The first-order valence-corrected chi connectivity index (χ1v) is 9.30. The topological polar surface area (TPSA) is 74.8 Å². The summed E-state index contributed by atoms with van der Waals surface area (Å²) in [5, 5.41) is 3.76. The number of aryl methyl sites for hydroxylation is 2. The monoisotopic (exact) mass is 375 g/mol. The predicted octanol–water partition coefficient (Wildman–Crippen LogP) is 4.52. The van der Waals surface area contributed by atoms with Gasteiger partial charge in [0, 0.05) is 11.4 Å². The number of hydrogen-bond acceptors (Lipinski definition) is 4. The second kappa shape index (κ2) is 6.81. The van der Waals surface area contributed by atoms with E-state index < -0.39 is 11.5 Å². The van der Waals surface area contributed by atoms with E-state index in [1.807, 2.05) is 50.2 Å². The van der Waals surface area contributed by atoms with Crippen LogP contribution in [0.3, 0.4) is 0 Å². The molecule has 0 spiro atoms. The van der Waals surface area contributed by atoms with Crippen LogP contribution in [0.2, 0.25) is 0 Å². The third-order valence-corrected chi connectivity index (χ3v) is 5.17. The first-order valence-electron chi connectivity index (χ1n) is 8.48. The highest BCUT2D eigenvalue weighted by molar-refractivity contribution is 7.18. The van der Waals surface area contributed by atoms with E-state index in [4.69, 9.17) is 0 Å². The van der Waals surface area contributed by atoms with Gasteiger partial charge in [0.05, 0.1) is 15.2 Å². The highest BCUT2D eigenvalue weighted by atomic mass is 32.1. The number of aromatic nitrogens is 2. The summed E-state index contributed by atoms with van der Waals surface area (Å²) < 4.78 is 0.994. The molecule has 0 unspecified atom stereocenters. The van der Waals surface area contributed by atoms with Crippen LogP contribution in [0.5, 0.6) is 0 Å². The molecular weight excluding hydrogens is 358 g/mol. The molecule has 0 aliphatic heterocycles. The lowest BCUT2D eigenvalue weighted by atomic mass is 10.1. The molecular formula is C21H17N3O2S. The van der Waals surface area contributed by atoms with Gasteiger partial charge in [-0.25, -0.2) is 4.98 Å². The van der Waals surface area contributed by atoms with Crippen molar-refractivity contribution in [3.05, 3.63) is 81.1 Å². The average Bonchev–Trinajstić information content (AvgIpc) is 3.00. The standard InChI is InChI=1S/C21H17N3O2S/c1-12-4-3-5-14(10-12)17-9-7-16(21(26)24-17)20(25)23-15-6-8-18-19(11-15)27-13(2)22-18/h3-11H,1-2H3,(H,23,25)(H,24,26). The molecule has 1 amide bonds. The molecule has 2 aromatic heterocycles. The van der Waals surface area contributed by atoms with Gasteiger partial charge in [0.15, 0.2) is 0 Å². The quantitative estimate of drug-likeness (QED) is 0.553. The van der Waals surface area contributed by atoms with E-state index in [-0.39, 0.29) is 5.56 Å². The molecule has 5 nitrogen and oxygen atoms in total. The maximum atomic E-state index is 12.5. The summed E-state index contributed by atoms with van der Waals surface area (Å²) in [7, 11) is 0. The zero-order chi connectivity index (χ0) is 19.0. The predicted molar refractivity (Wildman–Crippen MR) is 110 cm³/mol. The third kappa shape index (κ3) is 3.52. The van der Waals surface area contributed by atoms with E-state index >= 15 is 0 Å². The maximum absolute atomic E-state index is 12.5. The molecule has 2 N–H and O–H groups in total. The van der Waals surface area contributed by atoms with Gasteiger partial charge in [-0.15, -0.1) is 11.3 Å². The van der Waals surface area contributed by atoms with Gasteiger partial charge in [0.2, 0.25) is 0 Å². The lowest BCUT2D eigenvalue weighted by Crippen LogP contribution is -2.23. The number of thiazole rings is 1. The number of carbonyl (C=O) groups is 1. The van der Waals surface area contributed by atoms with Gasteiger partial charge >= 0.3 is 0 Å². The molecule has 0 aliphatic carbocycles. The molecule has 0 saturated heterocycles. The number of aromatic amines is 1. The summed E-state index contributed by atoms with van der Waals surface area (Å²) in [6.45, 7) is 3.93. The molecule has 0 fully saturated rings. The minimum absolute atomic E-state index is 0.0759. The Labute approximate surface area is 159 Å². The second-order valence-electron chi connectivity index (χ2n) is 6.35. The van der Waals surface area contributed by atoms with Crippen molar-refractivity contribution in [1.29, 1.82) is 0 Å². The van der Waals surface area contributed by atoms with Crippen LogP contribution >= 0.6 is 11.3 Å². The van der Waals surface area contributed by atoms with Gasteiger partial charge in [0.1, 0.15) is 5.56 Å². The van der Waals surface area contributed by atoms with E-state index in [1.165, 1.54) is 0 Å². The van der Waals surface area contributed by atoms with Gasteiger partial charge in [-0.2, -0.15) is 0 Å². The Balaban J connectivity index is 1.60. The number of rotatable bonds is 3. The molecule has 2 aromatic carbocycles. The summed E-state index contributed by atoms with van der Waals surface area (Å²) in [5.74, 6) is -0.437. The summed E-state index contributed by atoms with van der Waals surface area (Å²) in [6.07, 6.45) is 0. The minimum Gasteiger partial charge on any atom is -0.322 e. The van der Waals surface area contributed by atoms with Crippen LogP contribution < -0.4 is 10.9 Å². The molecule has 0 saturated carbocycles. The van der Waals surface area contributed by atoms with Crippen molar-refractivity contribution >= 4 is 33.1 Å². The van der Waals surface area contributed by atoms with Crippen LogP contribution in [-0.2, 0) is 0 Å². The maximum Gasteiger partial charge on any atom is 0.261 e. The van der Waals surface area contributed by atoms with Crippen molar-refractivity contribution in [3.63, 3.8) is 0 Å². The van der Waals surface area contributed by atoms with Crippen molar-refractivity contribution in [2.45, 2.75) is 13.8 Å². The molecule has 0 atom stereocenters. The molecule has 6 heteroatoms. The smallest absolute Gasteiger partial charge is 0.261 e. The lowest BCUT2D eigenvalue weighted by molar-refractivity contribution is 0.102. The summed E-state index contributed by atoms with van der Waals surface area (Å²) in [6, 6.07) is 16.6. The van der Waals surface area contributed by atoms with Crippen molar-refractivity contribution in [2.24, 2.45) is 0 Å². The molecule has 27 heavy (non-hydrogen) atoms. The minimum atomic E-state index is -0.437. The van der Waals surface area contributed by atoms with Crippen LogP contribution in [0.15, 0.2) is 59.4 Å². The fraction of sp³-hybridized carbons (Fsp3) is 0.0952. The van der Waals surface area contributed by atoms with Gasteiger partial charge in [0.25, 0.3) is 11.5 Å². The number of benzene rings is 2. The van der Waals surface area contributed by atoms with E-state index in [0.29, 0.717) is 11.4 Å². The van der Waals surface area contributed by atoms with Crippen LogP contribution in [0.4, 0.5) is 5.69 Å². The number of carbonyl (C=O) groups excluding carboxylic acids is 1. The molecule has 134 valence electrons. The number of pyridine rings is 1. The number of nitrogens with zero attached hydrogens (tertiary/aromatic N) is 1. The largest absolute Gasteiger partial charge is 0.322 e. The average molecular weight is 375 g/mol. The van der Waals surface area contributed by atoms with Crippen molar-refractivity contribution in [1.82, 2.24) is 9.97 Å². The summed E-state index contributed by atoms with van der Waals surface area (Å²) in [4.78, 5) is 32.2. The van der Waals surface area contributed by atoms with Crippen molar-refractivity contribution < 1.29 is 4.79 Å². The highest BCUT2D eigenvalue weighted by Gasteiger charge is 2.13. The van der Waals surface area contributed by atoms with E-state index in [2.05, 4.69) is 15.3 Å². The molecule has 0 aliphatic rings. The van der Waals surface area contributed by atoms with Crippen LogP contribution in [0, 0.1) is 13.8 Å². The molecule has 4 rings (SSSR count). The Morgan fingerprint density at radius 1 is 1.07 bits per heavy atom. The number of anilines is 1. The normalized spacial score (nSPS) is 10.9. The van der Waals surface area contributed by atoms with Gasteiger partial charge < -0.3 is 10.3 Å². The number of hydrogen-bond donors (Lipinski definition) is 2. The first kappa shape index (κ1) is 17.2. The fourth-order valence-corrected chi connectivity index (χ4v) is 3.82. The Morgan fingerprint density at radius 2 is 1.93 bits per heavy atom. The number of nitrogens with one attached hydrogen (secondary N) is 2. The fourth-order valence-electron chi connectivity index (χ4n) is 2.95. The van der Waals surface area contributed by atoms with Gasteiger partial charge in [-0.3, -0.25) is 9.59 Å². The Bertz CT molecular complexity index is 1220. The Morgan fingerprint density at radius 3 is 2.70 bits per heavy atom. The second-order valence-corrected chi connectivity index (χ2v) is 7.59. The summed E-state index contributed by atoms with van der Waals surface area (Å²) >= 11 is 1.56. The van der Waals surface area contributed by atoms with Crippen LogP contribution in [0.1, 0.15) is 20.9 Å². The first-order chi connectivity index (χ1) is 13.0. The number of fused-ring (bicyclic) bond motifs is 1. The lowest BCUT2D eigenvalue weighted by Gasteiger charge is -2.07. The Kier molecular flexibility index (Phi) is 4.33. The zero-order valence-corrected chi connectivity index (χ0v) is 15.7. The number of amides is 1. The van der Waals surface area contributed by atoms with Crippen LogP contribution in [0.25, 0.3) is 21.5 Å². The molecule has 4 aromatic rings. The van der Waals surface area contributed by atoms with Crippen LogP contribution in [-0.4, -0.2) is 15.9 Å². The van der Waals surface area contributed by atoms with Crippen molar-refractivity contribution in [3.8, 4) is 11.3 Å². The van der Waals surface area contributed by atoms with E-state index in [0.717, 1.165) is 26.4 Å². The van der Waals surface area contributed by atoms with E-state index in [1.54, 1.807) is 29.5 Å². The molecule has 0 radical (unpaired) electrons. The SMILES string of the molecule is Cc1cccc(-c2ccc(C(=O)Nc3ccc4nc(C)sc4c3)c(=O)[nH]2)c1. The van der Waals surface area contributed by atoms with E-state index in [9.17, 15) is 9.59 Å². The van der Waals surface area contributed by atoms with Crippen molar-refractivity contribution in [2.75, 3.05) is 5.32 Å². The number of H-pyrrole nitrogens is 1.